The van der Waals surface area contributed by atoms with Gasteiger partial charge in [-0.05, 0) is 49.2 Å². The van der Waals surface area contributed by atoms with Crippen LogP contribution < -0.4 is 5.32 Å². The third-order valence-electron chi connectivity index (χ3n) is 3.27. The Morgan fingerprint density at radius 3 is 2.10 bits per heavy atom. The number of hydrogen-bond acceptors (Lipinski definition) is 3. The lowest BCUT2D eigenvalue weighted by Crippen LogP contribution is -2.22. The summed E-state index contributed by atoms with van der Waals surface area (Å²) in [5.41, 5.74) is 2.03. The summed E-state index contributed by atoms with van der Waals surface area (Å²) in [6.07, 6.45) is 0. The molecule has 1 unspecified atom stereocenters. The molecule has 0 bridgehead atoms. The van der Waals surface area contributed by atoms with Crippen molar-refractivity contribution in [2.45, 2.75) is 25.9 Å². The maximum atomic E-state index is 9.54. The van der Waals surface area contributed by atoms with E-state index in [1.807, 2.05) is 19.1 Å². The third-order valence-corrected chi connectivity index (χ3v) is 3.77. The van der Waals surface area contributed by atoms with Gasteiger partial charge in [0.25, 0.3) is 0 Å². The Hall–Kier alpha value is -1.52. The van der Waals surface area contributed by atoms with Crippen molar-refractivity contribution in [3.8, 4) is 11.5 Å². The Balaban J connectivity index is 2.12. The highest BCUT2D eigenvalue weighted by Crippen LogP contribution is 2.27. The summed E-state index contributed by atoms with van der Waals surface area (Å²) in [4.78, 5) is 0. The second-order valence-corrected chi connectivity index (χ2v) is 5.86. The number of halogens is 1. The molecule has 0 aliphatic rings. The molecule has 0 fully saturated rings. The smallest absolute Gasteiger partial charge is 0.119 e. The predicted molar refractivity (Wildman–Crippen MR) is 83.9 cm³/mol. The minimum absolute atomic E-state index is 0.0157. The largest absolute Gasteiger partial charge is 0.508 e. The summed E-state index contributed by atoms with van der Waals surface area (Å²) in [6.45, 7) is 4.09. The van der Waals surface area contributed by atoms with Crippen LogP contribution >= 0.6 is 15.9 Å². The molecule has 0 aliphatic carbocycles. The van der Waals surface area contributed by atoms with Gasteiger partial charge in [0.05, 0.1) is 0 Å². The normalized spacial score (nSPS) is 13.9. The van der Waals surface area contributed by atoms with Crippen LogP contribution in [0.15, 0.2) is 46.9 Å². The van der Waals surface area contributed by atoms with Gasteiger partial charge in [-0.25, -0.2) is 0 Å². The van der Waals surface area contributed by atoms with E-state index in [1.54, 1.807) is 12.1 Å². The fraction of sp³-hybridized carbons (Fsp3) is 0.250. The number of hydrogen-bond donors (Lipinski definition) is 3. The summed E-state index contributed by atoms with van der Waals surface area (Å²) in [5.74, 6) is 0.146. The van der Waals surface area contributed by atoms with Crippen molar-refractivity contribution in [1.29, 1.82) is 0 Å². The number of rotatable bonds is 4. The van der Waals surface area contributed by atoms with Crippen molar-refractivity contribution in [1.82, 2.24) is 5.32 Å². The molecule has 0 heterocycles. The molecule has 2 aromatic carbocycles. The first-order chi connectivity index (χ1) is 9.45. The van der Waals surface area contributed by atoms with Gasteiger partial charge in [-0.1, -0.05) is 28.1 Å². The van der Waals surface area contributed by atoms with Crippen LogP contribution in [0.3, 0.4) is 0 Å². The second-order valence-electron chi connectivity index (χ2n) is 4.95. The topological polar surface area (TPSA) is 52.5 Å². The molecule has 3 N–H and O–H groups in total. The summed E-state index contributed by atoms with van der Waals surface area (Å²) in [5, 5.41) is 22.5. The van der Waals surface area contributed by atoms with E-state index in [0.29, 0.717) is 0 Å². The predicted octanol–water partition coefficient (Wildman–Crippen LogP) is 4.27. The van der Waals surface area contributed by atoms with E-state index in [-0.39, 0.29) is 23.6 Å². The van der Waals surface area contributed by atoms with Crippen molar-refractivity contribution in [3.63, 3.8) is 0 Å². The van der Waals surface area contributed by atoms with Crippen molar-refractivity contribution in [2.75, 3.05) is 0 Å². The highest BCUT2D eigenvalue weighted by Gasteiger charge is 2.12. The Morgan fingerprint density at radius 1 is 0.900 bits per heavy atom. The summed E-state index contributed by atoms with van der Waals surface area (Å²) < 4.78 is 1.05. The second kappa shape index (κ2) is 6.29. The van der Waals surface area contributed by atoms with Crippen LogP contribution in [0.25, 0.3) is 0 Å². The summed E-state index contributed by atoms with van der Waals surface area (Å²) in [6, 6.07) is 13.0. The van der Waals surface area contributed by atoms with Gasteiger partial charge in [-0.2, -0.15) is 0 Å². The summed E-state index contributed by atoms with van der Waals surface area (Å²) in [7, 11) is 0. The van der Waals surface area contributed by atoms with Crippen molar-refractivity contribution in [2.24, 2.45) is 0 Å². The van der Waals surface area contributed by atoms with Crippen LogP contribution in [0.1, 0.15) is 37.1 Å². The Morgan fingerprint density at radius 2 is 1.50 bits per heavy atom. The molecular weight excluding hydrogens is 318 g/mol. The zero-order chi connectivity index (χ0) is 14.7. The first-order valence-electron chi connectivity index (χ1n) is 6.50. The van der Waals surface area contributed by atoms with E-state index < -0.39 is 0 Å². The van der Waals surface area contributed by atoms with Gasteiger partial charge >= 0.3 is 0 Å². The molecule has 0 saturated carbocycles. The molecule has 0 aromatic heterocycles. The molecule has 2 aromatic rings. The fourth-order valence-corrected chi connectivity index (χ4v) is 2.63. The van der Waals surface area contributed by atoms with Crippen molar-refractivity contribution in [3.05, 3.63) is 58.1 Å². The number of aromatic hydroxyl groups is 2. The first-order valence-corrected chi connectivity index (χ1v) is 7.29. The quantitative estimate of drug-likeness (QED) is 0.781. The Labute approximate surface area is 127 Å². The van der Waals surface area contributed by atoms with E-state index in [1.165, 1.54) is 11.6 Å². The van der Waals surface area contributed by atoms with Crippen molar-refractivity contribution < 1.29 is 10.2 Å². The van der Waals surface area contributed by atoms with Gasteiger partial charge in [-0.15, -0.1) is 0 Å². The van der Waals surface area contributed by atoms with Crippen molar-refractivity contribution >= 4 is 15.9 Å². The average Bonchev–Trinajstić information content (AvgIpc) is 2.37. The van der Waals surface area contributed by atoms with Crippen LogP contribution in [0.2, 0.25) is 0 Å². The number of phenols is 2. The van der Waals surface area contributed by atoms with Crippen LogP contribution in [-0.4, -0.2) is 10.2 Å². The standard InChI is InChI=1S/C16H18BrNO2/c1-10(12-4-3-5-14(17)6-12)18-11(2)13-7-15(19)9-16(20)8-13/h3-11,18-20H,1-2H3/t10-,11?/m1/s1. The molecule has 20 heavy (non-hydrogen) atoms. The van der Waals surface area contributed by atoms with Gasteiger partial charge in [0.2, 0.25) is 0 Å². The van der Waals surface area contributed by atoms with Gasteiger partial charge in [-0.3, -0.25) is 0 Å². The zero-order valence-corrected chi connectivity index (χ0v) is 13.1. The third kappa shape index (κ3) is 3.74. The highest BCUT2D eigenvalue weighted by molar-refractivity contribution is 9.10. The molecular formula is C16H18BrNO2. The van der Waals surface area contributed by atoms with Gasteiger partial charge < -0.3 is 15.5 Å². The highest BCUT2D eigenvalue weighted by atomic mass is 79.9. The molecule has 0 radical (unpaired) electrons. The Kier molecular flexibility index (Phi) is 4.68. The van der Waals surface area contributed by atoms with E-state index in [4.69, 9.17) is 0 Å². The molecule has 4 heteroatoms. The molecule has 106 valence electrons. The SMILES string of the molecule is CC(N[C@H](C)c1cccc(Br)c1)c1cc(O)cc(O)c1. The molecule has 0 aliphatic heterocycles. The maximum Gasteiger partial charge on any atom is 0.119 e. The lowest BCUT2D eigenvalue weighted by atomic mass is 10.0. The molecule has 3 nitrogen and oxygen atoms in total. The average molecular weight is 336 g/mol. The van der Waals surface area contributed by atoms with E-state index in [9.17, 15) is 10.2 Å². The molecule has 0 amide bonds. The van der Waals surface area contributed by atoms with Crippen LogP contribution in [0, 0.1) is 0 Å². The molecule has 2 rings (SSSR count). The Bertz CT molecular complexity index is 581. The molecule has 2 atom stereocenters. The first kappa shape index (κ1) is 14.9. The van der Waals surface area contributed by atoms with Crippen LogP contribution in [0.5, 0.6) is 11.5 Å². The fourth-order valence-electron chi connectivity index (χ4n) is 2.21. The number of benzene rings is 2. The van der Waals surface area contributed by atoms with Gasteiger partial charge in [0.1, 0.15) is 11.5 Å². The van der Waals surface area contributed by atoms with E-state index >= 15 is 0 Å². The zero-order valence-electron chi connectivity index (χ0n) is 11.5. The number of phenolic OH excluding ortho intramolecular Hbond substituents is 2. The minimum Gasteiger partial charge on any atom is -0.508 e. The van der Waals surface area contributed by atoms with E-state index in [0.717, 1.165) is 10.0 Å². The lowest BCUT2D eigenvalue weighted by molar-refractivity contribution is 0.442. The summed E-state index contributed by atoms with van der Waals surface area (Å²) >= 11 is 3.47. The van der Waals surface area contributed by atoms with Gasteiger partial charge in [0, 0.05) is 22.6 Å². The maximum absolute atomic E-state index is 9.54. The van der Waals surface area contributed by atoms with E-state index in [2.05, 4.69) is 40.3 Å². The number of nitrogens with one attached hydrogen (secondary N) is 1. The minimum atomic E-state index is 0.0157. The molecule has 0 spiro atoms. The lowest BCUT2D eigenvalue weighted by Gasteiger charge is -2.21. The van der Waals surface area contributed by atoms with Gasteiger partial charge in [0.15, 0.2) is 0 Å². The van der Waals surface area contributed by atoms with Crippen LogP contribution in [0.4, 0.5) is 0 Å². The molecule has 0 saturated heterocycles. The monoisotopic (exact) mass is 335 g/mol. The van der Waals surface area contributed by atoms with Crippen LogP contribution in [-0.2, 0) is 0 Å².